The Bertz CT molecular complexity index is 3320. The number of allylic oxidation sites excluding steroid dienone is 1. The number of imide groups is 1. The monoisotopic (exact) mass is 1190 g/mol. The molecular formula is C59H68ClF3N8O7S3. The first-order valence-electron chi connectivity index (χ1n) is 27.2. The van der Waals surface area contributed by atoms with Gasteiger partial charge in [-0.1, -0.05) is 79.6 Å². The molecule has 3 heterocycles. The number of anilines is 3. The van der Waals surface area contributed by atoms with Crippen molar-refractivity contribution in [2.75, 3.05) is 86.7 Å². The van der Waals surface area contributed by atoms with Crippen LogP contribution in [0.1, 0.15) is 73.9 Å². The summed E-state index contributed by atoms with van der Waals surface area (Å²) in [6.45, 7) is 12.4. The maximum absolute atomic E-state index is 14.5. The van der Waals surface area contributed by atoms with E-state index >= 15 is 0 Å². The van der Waals surface area contributed by atoms with Gasteiger partial charge in [0.2, 0.25) is 11.8 Å². The minimum absolute atomic E-state index is 0.0196. The number of carbonyl (C=O) groups is 3. The number of alkyl halides is 3. The van der Waals surface area contributed by atoms with Crippen molar-refractivity contribution in [1.29, 1.82) is 0 Å². The number of piperazine rings is 2. The molecule has 3 fully saturated rings. The Balaban J connectivity index is 0.833. The first-order chi connectivity index (χ1) is 38.6. The number of thioether (sulfide) groups is 1. The molecule has 4 N–H and O–H groups in total. The molecular weight excluding hydrogens is 1120 g/mol. The van der Waals surface area contributed by atoms with Crippen LogP contribution in [0.2, 0.25) is 5.02 Å². The lowest BCUT2D eigenvalue weighted by Crippen LogP contribution is -2.48. The first-order valence-corrected chi connectivity index (χ1v) is 31.6. The standard InChI is InChI=1S/C59H68ClF3N8O7S3/c1-58(2)26-24-50(41-12-16-45(60)17-13-41)44(37-58)39-70-32-34-71(35-33-70)47-18-14-42(15-19-47)56(73)67-81(77,78)49-20-21-52(54(36-49)80(75,76)59(61,62)63)64-46(40-79-48-9-4-3-5-10-48)25-27-68-28-30-69(31-29-68)38-43-8-6-7-11-51(43)65-53-22-23-55(72)66-57(53)74/h3-21,36,46,53,64-65H,22-35,37-40H2,1-2H3,(H,67,73)(H,66,72,74)/t46-,53?/m1/s1. The van der Waals surface area contributed by atoms with E-state index in [1.165, 1.54) is 40.6 Å². The minimum Gasteiger partial charge on any atom is -0.380 e. The predicted molar refractivity (Wildman–Crippen MR) is 313 cm³/mol. The molecule has 15 nitrogen and oxygen atoms in total. The van der Waals surface area contributed by atoms with E-state index in [-0.39, 0.29) is 29.2 Å². The maximum Gasteiger partial charge on any atom is 0.501 e. The molecule has 0 saturated carbocycles. The van der Waals surface area contributed by atoms with Crippen LogP contribution in [0.4, 0.5) is 30.2 Å². The quantitative estimate of drug-likeness (QED) is 0.0427. The van der Waals surface area contributed by atoms with Crippen molar-refractivity contribution in [2.24, 2.45) is 5.41 Å². The molecule has 0 bridgehead atoms. The number of piperidine rings is 1. The molecule has 3 amide bonds. The number of amides is 3. The Morgan fingerprint density at radius 2 is 1.43 bits per heavy atom. The van der Waals surface area contributed by atoms with Crippen molar-refractivity contribution < 1.29 is 44.4 Å². The summed E-state index contributed by atoms with van der Waals surface area (Å²) in [5.41, 5.74) is 0.631. The van der Waals surface area contributed by atoms with E-state index in [4.69, 9.17) is 11.6 Å². The number of halogens is 4. The fourth-order valence-corrected chi connectivity index (χ4v) is 14.0. The maximum atomic E-state index is 14.5. The van der Waals surface area contributed by atoms with Crippen molar-refractivity contribution in [2.45, 2.75) is 91.2 Å². The van der Waals surface area contributed by atoms with Crippen molar-refractivity contribution >= 4 is 83.6 Å². The Morgan fingerprint density at radius 1 is 0.778 bits per heavy atom. The molecule has 1 aliphatic carbocycles. The van der Waals surface area contributed by atoms with Crippen LogP contribution in [-0.2, 0) is 36.0 Å². The number of hydrogen-bond donors (Lipinski definition) is 4. The molecule has 0 spiro atoms. The summed E-state index contributed by atoms with van der Waals surface area (Å²) in [7, 11) is -11.0. The number of sulfone groups is 1. The second-order valence-electron chi connectivity index (χ2n) is 22.0. The highest BCUT2D eigenvalue weighted by Crippen LogP contribution is 2.43. The highest BCUT2D eigenvalue weighted by atomic mass is 35.5. The average molecular weight is 1190 g/mol. The smallest absolute Gasteiger partial charge is 0.380 e. The minimum atomic E-state index is -6.13. The van der Waals surface area contributed by atoms with Crippen LogP contribution in [0.25, 0.3) is 5.57 Å². The van der Waals surface area contributed by atoms with E-state index in [1.807, 2.05) is 71.5 Å². The van der Waals surface area contributed by atoms with Crippen molar-refractivity contribution in [3.63, 3.8) is 0 Å². The van der Waals surface area contributed by atoms with Crippen LogP contribution in [0.3, 0.4) is 0 Å². The second-order valence-corrected chi connectivity index (χ2v) is 27.1. The summed E-state index contributed by atoms with van der Waals surface area (Å²) in [5, 5.41) is 9.44. The van der Waals surface area contributed by atoms with E-state index in [1.54, 1.807) is 12.1 Å². The summed E-state index contributed by atoms with van der Waals surface area (Å²) in [6.07, 6.45) is 4.16. The molecule has 432 valence electrons. The van der Waals surface area contributed by atoms with Gasteiger partial charge >= 0.3 is 5.51 Å². The summed E-state index contributed by atoms with van der Waals surface area (Å²) < 4.78 is 99.7. The number of sulfonamides is 1. The molecule has 5 aromatic carbocycles. The molecule has 3 saturated heterocycles. The number of para-hydroxylation sites is 1. The van der Waals surface area contributed by atoms with Gasteiger partial charge in [0.15, 0.2) is 0 Å². The van der Waals surface area contributed by atoms with Gasteiger partial charge in [0.25, 0.3) is 25.8 Å². The summed E-state index contributed by atoms with van der Waals surface area (Å²) in [4.78, 5) is 45.6. The van der Waals surface area contributed by atoms with Crippen molar-refractivity contribution in [3.05, 3.63) is 149 Å². The molecule has 2 atom stereocenters. The molecule has 0 aromatic heterocycles. The SMILES string of the molecule is CC1(C)CCC(c2ccc(Cl)cc2)=C(CN2CCN(c3ccc(C(=O)NS(=O)(=O)c4ccc(N[C@H](CCN5CCN(Cc6ccccc6NC6CCC(=O)NC6=O)CC5)CSc5ccccc5)c(S(=O)(=O)C(F)(F)F)c4)cc3)CC2)C1. The lowest BCUT2D eigenvalue weighted by atomic mass is 9.73. The fraction of sp³-hybridized carbons (Fsp3) is 0.407. The largest absolute Gasteiger partial charge is 0.501 e. The van der Waals surface area contributed by atoms with Crippen LogP contribution in [0.15, 0.2) is 142 Å². The van der Waals surface area contributed by atoms with Gasteiger partial charge in [-0.15, -0.1) is 11.8 Å². The van der Waals surface area contributed by atoms with Gasteiger partial charge in [-0.2, -0.15) is 13.2 Å². The van der Waals surface area contributed by atoms with Gasteiger partial charge < -0.3 is 20.4 Å². The Kier molecular flexibility index (Phi) is 18.9. The summed E-state index contributed by atoms with van der Waals surface area (Å²) in [6, 6.07) is 32.8. The Hall–Kier alpha value is -5.94. The number of nitrogens with one attached hydrogen (secondary N) is 4. The lowest BCUT2D eigenvalue weighted by Gasteiger charge is -2.39. The molecule has 9 rings (SSSR count). The highest BCUT2D eigenvalue weighted by molar-refractivity contribution is 7.99. The van der Waals surface area contributed by atoms with Gasteiger partial charge in [0.05, 0.1) is 10.6 Å². The molecule has 3 aliphatic heterocycles. The number of nitrogens with zero attached hydrogens (tertiary/aromatic N) is 4. The zero-order chi connectivity index (χ0) is 57.5. The van der Waals surface area contributed by atoms with Crippen LogP contribution in [0.5, 0.6) is 0 Å². The normalized spacial score (nSPS) is 19.2. The number of hydrogen-bond acceptors (Lipinski definition) is 14. The van der Waals surface area contributed by atoms with E-state index in [9.17, 15) is 44.4 Å². The molecule has 5 aromatic rings. The van der Waals surface area contributed by atoms with E-state index in [2.05, 4.69) is 61.5 Å². The molecule has 81 heavy (non-hydrogen) atoms. The zero-order valence-corrected chi connectivity index (χ0v) is 48.5. The number of carbonyl (C=O) groups excluding carboxylic acids is 3. The summed E-state index contributed by atoms with van der Waals surface area (Å²) in [5.74, 6) is -1.37. The van der Waals surface area contributed by atoms with E-state index in [0.717, 1.165) is 86.0 Å². The second kappa shape index (κ2) is 25.7. The predicted octanol–water partition coefficient (Wildman–Crippen LogP) is 9.54. The fourth-order valence-electron chi connectivity index (χ4n) is 10.9. The molecule has 22 heteroatoms. The van der Waals surface area contributed by atoms with E-state index < -0.39 is 58.8 Å². The zero-order valence-electron chi connectivity index (χ0n) is 45.3. The molecule has 4 aliphatic rings. The van der Waals surface area contributed by atoms with Crippen LogP contribution < -0.4 is 25.6 Å². The van der Waals surface area contributed by atoms with Gasteiger partial charge in [-0.25, -0.2) is 21.6 Å². The molecule has 1 unspecified atom stereocenters. The van der Waals surface area contributed by atoms with Gasteiger partial charge in [0, 0.05) is 117 Å². The van der Waals surface area contributed by atoms with Crippen LogP contribution >= 0.6 is 23.4 Å². The third kappa shape index (κ3) is 15.4. The number of rotatable bonds is 20. The van der Waals surface area contributed by atoms with E-state index in [0.29, 0.717) is 69.0 Å². The van der Waals surface area contributed by atoms with Crippen LogP contribution in [0, 0.1) is 5.41 Å². The van der Waals surface area contributed by atoms with Gasteiger partial charge in [-0.3, -0.25) is 29.5 Å². The Labute approximate surface area is 482 Å². The third-order valence-electron chi connectivity index (χ3n) is 15.5. The number of benzene rings is 5. The van der Waals surface area contributed by atoms with Crippen LogP contribution in [-0.4, -0.2) is 138 Å². The summed E-state index contributed by atoms with van der Waals surface area (Å²) >= 11 is 7.64. The third-order valence-corrected chi connectivity index (χ3v) is 19.8. The average Bonchev–Trinajstić information content (AvgIpc) is 3.55. The first kappa shape index (κ1) is 59.7. The van der Waals surface area contributed by atoms with Gasteiger partial charge in [-0.05, 0) is 127 Å². The highest BCUT2D eigenvalue weighted by Gasteiger charge is 2.48. The van der Waals surface area contributed by atoms with Crippen molar-refractivity contribution in [1.82, 2.24) is 24.7 Å². The van der Waals surface area contributed by atoms with Gasteiger partial charge in [0.1, 0.15) is 10.9 Å². The molecule has 0 radical (unpaired) electrons. The topological polar surface area (TPSA) is 181 Å². The Morgan fingerprint density at radius 3 is 2.12 bits per heavy atom. The lowest BCUT2D eigenvalue weighted by molar-refractivity contribution is -0.133. The van der Waals surface area contributed by atoms with Crippen molar-refractivity contribution in [3.8, 4) is 0 Å².